The molecule has 0 aliphatic rings. The van der Waals surface area contributed by atoms with Crippen LogP contribution in [0.4, 0.5) is 18.9 Å². The van der Waals surface area contributed by atoms with Crippen LogP contribution >= 0.6 is 0 Å². The van der Waals surface area contributed by atoms with E-state index in [0.29, 0.717) is 18.8 Å². The van der Waals surface area contributed by atoms with E-state index in [-0.39, 0.29) is 5.56 Å². The van der Waals surface area contributed by atoms with Crippen molar-refractivity contribution in [1.82, 2.24) is 9.78 Å². The lowest BCUT2D eigenvalue weighted by Gasteiger charge is -2.11. The van der Waals surface area contributed by atoms with Crippen LogP contribution in [-0.4, -0.2) is 16.3 Å². The van der Waals surface area contributed by atoms with Gasteiger partial charge in [0.25, 0.3) is 0 Å². The van der Waals surface area contributed by atoms with E-state index in [4.69, 9.17) is 5.26 Å². The fourth-order valence-electron chi connectivity index (χ4n) is 1.86. The fourth-order valence-corrected chi connectivity index (χ4v) is 1.86. The van der Waals surface area contributed by atoms with Crippen molar-refractivity contribution in [3.05, 3.63) is 47.3 Å². The lowest BCUT2D eigenvalue weighted by molar-refractivity contribution is -0.137. The topological polar surface area (TPSA) is 53.6 Å². The number of hydrogen-bond donors (Lipinski definition) is 1. The van der Waals surface area contributed by atoms with Crippen molar-refractivity contribution in [3.63, 3.8) is 0 Å². The second-order valence-electron chi connectivity index (χ2n) is 4.58. The number of alkyl halides is 3. The highest BCUT2D eigenvalue weighted by atomic mass is 19.4. The Kier molecular flexibility index (Phi) is 4.17. The second-order valence-corrected chi connectivity index (χ2v) is 4.58. The first kappa shape index (κ1) is 14.9. The molecule has 0 fully saturated rings. The maximum atomic E-state index is 12.6. The van der Waals surface area contributed by atoms with Gasteiger partial charge in [-0.2, -0.15) is 23.5 Å². The molecule has 4 nitrogen and oxygen atoms in total. The molecule has 0 unspecified atom stereocenters. The van der Waals surface area contributed by atoms with Crippen molar-refractivity contribution in [2.75, 3.05) is 11.9 Å². The zero-order valence-electron chi connectivity index (χ0n) is 11.3. The summed E-state index contributed by atoms with van der Waals surface area (Å²) in [4.78, 5) is 0. The smallest absolute Gasteiger partial charge is 0.382 e. The number of nitrogens with zero attached hydrogens (tertiary/aromatic N) is 3. The molecule has 0 radical (unpaired) electrons. The number of halogens is 3. The van der Waals surface area contributed by atoms with Crippen molar-refractivity contribution in [2.24, 2.45) is 0 Å². The van der Waals surface area contributed by atoms with E-state index in [1.54, 1.807) is 16.9 Å². The van der Waals surface area contributed by atoms with Gasteiger partial charge in [0.1, 0.15) is 6.07 Å². The number of nitriles is 1. The molecule has 0 saturated heterocycles. The zero-order valence-corrected chi connectivity index (χ0v) is 11.3. The van der Waals surface area contributed by atoms with E-state index in [1.165, 1.54) is 6.07 Å². The van der Waals surface area contributed by atoms with Gasteiger partial charge in [-0.15, -0.1) is 0 Å². The number of nitrogens with one attached hydrogen (secondary N) is 1. The molecule has 0 aliphatic carbocycles. The Bertz CT molecular complexity index is 668. The number of benzene rings is 1. The van der Waals surface area contributed by atoms with E-state index >= 15 is 0 Å². The lowest BCUT2D eigenvalue weighted by atomic mass is 10.1. The van der Waals surface area contributed by atoms with Gasteiger partial charge in [0, 0.05) is 12.7 Å². The second kappa shape index (κ2) is 5.87. The summed E-state index contributed by atoms with van der Waals surface area (Å²) in [7, 11) is 0. The maximum Gasteiger partial charge on any atom is 0.416 e. The zero-order chi connectivity index (χ0) is 15.5. The number of hydrogen-bond acceptors (Lipinski definition) is 3. The van der Waals surface area contributed by atoms with E-state index in [2.05, 4.69) is 10.4 Å². The third-order valence-corrected chi connectivity index (χ3v) is 2.89. The molecule has 2 rings (SSSR count). The third kappa shape index (κ3) is 3.75. The highest BCUT2D eigenvalue weighted by molar-refractivity contribution is 5.58. The van der Waals surface area contributed by atoms with Gasteiger partial charge >= 0.3 is 6.18 Å². The summed E-state index contributed by atoms with van der Waals surface area (Å²) < 4.78 is 39.4. The van der Waals surface area contributed by atoms with Crippen LogP contribution in [0.25, 0.3) is 0 Å². The maximum absolute atomic E-state index is 12.6. The third-order valence-electron chi connectivity index (χ3n) is 2.89. The van der Waals surface area contributed by atoms with Crippen molar-refractivity contribution in [1.29, 1.82) is 5.26 Å². The van der Waals surface area contributed by atoms with Crippen molar-refractivity contribution >= 4 is 5.69 Å². The number of aromatic nitrogens is 2. The van der Waals surface area contributed by atoms with Crippen LogP contribution in [0, 0.1) is 18.3 Å². The van der Waals surface area contributed by atoms with Crippen LogP contribution in [0.5, 0.6) is 0 Å². The number of aryl methyl sites for hydroxylation is 1. The molecule has 110 valence electrons. The molecular formula is C14H13F3N4. The van der Waals surface area contributed by atoms with Gasteiger partial charge in [-0.05, 0) is 30.7 Å². The average Bonchev–Trinajstić information content (AvgIpc) is 2.83. The van der Waals surface area contributed by atoms with Gasteiger partial charge in [-0.25, -0.2) is 0 Å². The summed E-state index contributed by atoms with van der Waals surface area (Å²) >= 11 is 0. The first-order chi connectivity index (χ1) is 9.90. The standard InChI is InChI=1S/C14H13F3N4/c1-10-8-20-21(9-10)5-4-19-13-3-2-12(14(15,16)17)6-11(13)7-18/h2-3,6,8-9,19H,4-5H2,1H3. The van der Waals surface area contributed by atoms with E-state index in [0.717, 1.165) is 17.7 Å². The highest BCUT2D eigenvalue weighted by Gasteiger charge is 2.31. The largest absolute Gasteiger partial charge is 0.416 e. The summed E-state index contributed by atoms with van der Waals surface area (Å²) in [5.74, 6) is 0. The Morgan fingerprint density at radius 2 is 2.14 bits per heavy atom. The summed E-state index contributed by atoms with van der Waals surface area (Å²) in [6.45, 7) is 2.93. The Hall–Kier alpha value is -2.49. The van der Waals surface area contributed by atoms with Crippen LogP contribution in [-0.2, 0) is 12.7 Å². The Balaban J connectivity index is 2.05. The predicted octanol–water partition coefficient (Wildman–Crippen LogP) is 3.19. The van der Waals surface area contributed by atoms with Gasteiger partial charge in [-0.1, -0.05) is 0 Å². The van der Waals surface area contributed by atoms with Crippen LogP contribution in [0.2, 0.25) is 0 Å². The Labute approximate surface area is 119 Å². The highest BCUT2D eigenvalue weighted by Crippen LogP contribution is 2.31. The molecule has 1 aromatic heterocycles. The van der Waals surface area contributed by atoms with E-state index < -0.39 is 11.7 Å². The minimum Gasteiger partial charge on any atom is -0.382 e. The minimum absolute atomic E-state index is 0.0264. The van der Waals surface area contributed by atoms with Gasteiger partial charge in [0.15, 0.2) is 0 Å². The summed E-state index contributed by atoms with van der Waals surface area (Å²) in [5, 5.41) is 16.0. The molecule has 1 heterocycles. The molecule has 0 saturated carbocycles. The molecule has 2 aromatic rings. The van der Waals surface area contributed by atoms with Crippen LogP contribution in [0.3, 0.4) is 0 Å². The van der Waals surface area contributed by atoms with E-state index in [1.807, 2.05) is 13.1 Å². The lowest BCUT2D eigenvalue weighted by Crippen LogP contribution is -2.12. The van der Waals surface area contributed by atoms with Crippen LogP contribution < -0.4 is 5.32 Å². The normalized spacial score (nSPS) is 11.2. The monoisotopic (exact) mass is 294 g/mol. The molecule has 0 amide bonds. The summed E-state index contributed by atoms with van der Waals surface area (Å²) in [6, 6.07) is 4.86. The first-order valence-electron chi connectivity index (χ1n) is 6.24. The van der Waals surface area contributed by atoms with E-state index in [9.17, 15) is 13.2 Å². The fraction of sp³-hybridized carbons (Fsp3) is 0.286. The molecule has 0 aliphatic heterocycles. The Morgan fingerprint density at radius 1 is 1.38 bits per heavy atom. The quantitative estimate of drug-likeness (QED) is 0.942. The molecule has 1 N–H and O–H groups in total. The molecule has 7 heteroatoms. The predicted molar refractivity (Wildman–Crippen MR) is 71.6 cm³/mol. The number of rotatable bonds is 4. The Morgan fingerprint density at radius 3 is 2.71 bits per heavy atom. The average molecular weight is 294 g/mol. The van der Waals surface area contributed by atoms with Gasteiger partial charge in [0.05, 0.1) is 29.6 Å². The summed E-state index contributed by atoms with van der Waals surface area (Å²) in [6.07, 6.45) is -0.866. The minimum atomic E-state index is -4.45. The summed E-state index contributed by atoms with van der Waals surface area (Å²) in [5.41, 5.74) is 0.561. The molecule has 0 bridgehead atoms. The molecule has 0 spiro atoms. The van der Waals surface area contributed by atoms with Crippen molar-refractivity contribution in [2.45, 2.75) is 19.6 Å². The molecule has 1 aromatic carbocycles. The van der Waals surface area contributed by atoms with Crippen molar-refractivity contribution < 1.29 is 13.2 Å². The van der Waals surface area contributed by atoms with Crippen LogP contribution in [0.1, 0.15) is 16.7 Å². The van der Waals surface area contributed by atoms with Crippen LogP contribution in [0.15, 0.2) is 30.6 Å². The van der Waals surface area contributed by atoms with Gasteiger partial charge in [-0.3, -0.25) is 4.68 Å². The molecular weight excluding hydrogens is 281 g/mol. The molecule has 21 heavy (non-hydrogen) atoms. The van der Waals surface area contributed by atoms with Gasteiger partial charge < -0.3 is 5.32 Å². The molecule has 0 atom stereocenters. The first-order valence-corrected chi connectivity index (χ1v) is 6.24. The van der Waals surface area contributed by atoms with Crippen molar-refractivity contribution in [3.8, 4) is 6.07 Å². The van der Waals surface area contributed by atoms with Gasteiger partial charge in [0.2, 0.25) is 0 Å². The SMILES string of the molecule is Cc1cnn(CCNc2ccc(C(F)(F)F)cc2C#N)c1. The number of anilines is 1.